The summed E-state index contributed by atoms with van der Waals surface area (Å²) < 4.78 is 13.2. The Morgan fingerprint density at radius 1 is 1.32 bits per heavy atom. The molecule has 2 fully saturated rings. The SMILES string of the molecule is O=C(CCc1nc2ccc(F)cc2[nH]1)N1C[C@H]2CNC[C@H]2C1. The molecule has 5 nitrogen and oxygen atoms in total. The van der Waals surface area contributed by atoms with Gasteiger partial charge in [-0.2, -0.15) is 0 Å². The molecule has 6 heteroatoms. The summed E-state index contributed by atoms with van der Waals surface area (Å²) in [6, 6.07) is 4.48. The number of hydrogen-bond donors (Lipinski definition) is 2. The Bertz CT molecular complexity index is 701. The van der Waals surface area contributed by atoms with Crippen LogP contribution in [0.15, 0.2) is 18.2 Å². The Kier molecular flexibility index (Phi) is 3.33. The van der Waals surface area contributed by atoms with Gasteiger partial charge in [-0.1, -0.05) is 0 Å². The quantitative estimate of drug-likeness (QED) is 0.899. The first-order valence-electron chi connectivity index (χ1n) is 7.81. The van der Waals surface area contributed by atoms with Crippen LogP contribution in [0.25, 0.3) is 11.0 Å². The Morgan fingerprint density at radius 2 is 2.09 bits per heavy atom. The number of rotatable bonds is 3. The van der Waals surface area contributed by atoms with Crippen LogP contribution < -0.4 is 5.32 Å². The first-order valence-corrected chi connectivity index (χ1v) is 7.81. The predicted molar refractivity (Wildman–Crippen MR) is 80.8 cm³/mol. The van der Waals surface area contributed by atoms with Gasteiger partial charge in [0.2, 0.25) is 5.91 Å². The Morgan fingerprint density at radius 3 is 2.86 bits per heavy atom. The number of benzene rings is 1. The molecule has 1 aromatic carbocycles. The number of fused-ring (bicyclic) bond motifs is 2. The van der Waals surface area contributed by atoms with Gasteiger partial charge in [0.25, 0.3) is 0 Å². The largest absolute Gasteiger partial charge is 0.342 e. The molecule has 2 aromatic rings. The molecule has 116 valence electrons. The number of imidazole rings is 1. The van der Waals surface area contributed by atoms with Crippen molar-refractivity contribution in [1.82, 2.24) is 20.2 Å². The van der Waals surface area contributed by atoms with Gasteiger partial charge in [0.05, 0.1) is 11.0 Å². The number of aromatic nitrogens is 2. The molecule has 1 amide bonds. The zero-order valence-electron chi connectivity index (χ0n) is 12.3. The highest BCUT2D eigenvalue weighted by molar-refractivity contribution is 5.77. The first kappa shape index (κ1) is 13.7. The van der Waals surface area contributed by atoms with Crippen molar-refractivity contribution >= 4 is 16.9 Å². The van der Waals surface area contributed by atoms with Crippen molar-refractivity contribution in [3.05, 3.63) is 29.8 Å². The van der Waals surface area contributed by atoms with Gasteiger partial charge in [0, 0.05) is 39.0 Å². The van der Waals surface area contributed by atoms with Crippen LogP contribution in [-0.4, -0.2) is 47.0 Å². The zero-order valence-corrected chi connectivity index (χ0v) is 12.3. The van der Waals surface area contributed by atoms with Gasteiger partial charge in [-0.25, -0.2) is 9.37 Å². The lowest BCUT2D eigenvalue weighted by atomic mass is 10.0. The molecule has 0 saturated carbocycles. The fourth-order valence-electron chi connectivity index (χ4n) is 3.60. The number of H-pyrrole nitrogens is 1. The molecule has 22 heavy (non-hydrogen) atoms. The van der Waals surface area contributed by atoms with Crippen LogP contribution in [0.5, 0.6) is 0 Å². The molecule has 2 aliphatic rings. The molecule has 0 unspecified atom stereocenters. The van der Waals surface area contributed by atoms with E-state index in [9.17, 15) is 9.18 Å². The van der Waals surface area contributed by atoms with E-state index in [2.05, 4.69) is 15.3 Å². The van der Waals surface area contributed by atoms with Crippen LogP contribution in [0.4, 0.5) is 4.39 Å². The Balaban J connectivity index is 1.38. The summed E-state index contributed by atoms with van der Waals surface area (Å²) in [5, 5.41) is 3.38. The van der Waals surface area contributed by atoms with Gasteiger partial charge in [0.15, 0.2) is 0 Å². The number of likely N-dealkylation sites (tertiary alicyclic amines) is 1. The van der Waals surface area contributed by atoms with Crippen molar-refractivity contribution in [3.63, 3.8) is 0 Å². The fraction of sp³-hybridized carbons (Fsp3) is 0.500. The number of halogens is 1. The lowest BCUT2D eigenvalue weighted by Crippen LogP contribution is -2.32. The second-order valence-corrected chi connectivity index (χ2v) is 6.32. The summed E-state index contributed by atoms with van der Waals surface area (Å²) >= 11 is 0. The summed E-state index contributed by atoms with van der Waals surface area (Å²) in [7, 11) is 0. The standard InChI is InChI=1S/C16H19FN4O/c17-12-1-2-13-14(5-12)20-15(19-13)3-4-16(22)21-8-10-6-18-7-11(10)9-21/h1-2,5,10-11,18H,3-4,6-9H2,(H,19,20)/t10-,11+. The van der Waals surface area contributed by atoms with E-state index in [-0.39, 0.29) is 11.7 Å². The van der Waals surface area contributed by atoms with Crippen LogP contribution in [0.2, 0.25) is 0 Å². The average molecular weight is 302 g/mol. The maximum Gasteiger partial charge on any atom is 0.223 e. The van der Waals surface area contributed by atoms with Gasteiger partial charge in [0.1, 0.15) is 11.6 Å². The molecule has 0 radical (unpaired) electrons. The maximum atomic E-state index is 13.2. The topological polar surface area (TPSA) is 61.0 Å². The third-order valence-electron chi connectivity index (χ3n) is 4.81. The monoisotopic (exact) mass is 302 g/mol. The van der Waals surface area contributed by atoms with Crippen molar-refractivity contribution < 1.29 is 9.18 Å². The number of nitrogens with one attached hydrogen (secondary N) is 2. The normalized spacial score (nSPS) is 24.1. The van der Waals surface area contributed by atoms with Crippen LogP contribution in [0, 0.1) is 17.7 Å². The van der Waals surface area contributed by atoms with Crippen LogP contribution in [0.3, 0.4) is 0 Å². The molecule has 0 spiro atoms. The first-order chi connectivity index (χ1) is 10.7. The van der Waals surface area contributed by atoms with Crippen molar-refractivity contribution in [2.45, 2.75) is 12.8 Å². The third kappa shape index (κ3) is 2.47. The van der Waals surface area contributed by atoms with Gasteiger partial charge >= 0.3 is 0 Å². The van der Waals surface area contributed by atoms with Crippen LogP contribution >= 0.6 is 0 Å². The predicted octanol–water partition coefficient (Wildman–Crippen LogP) is 1.31. The fourth-order valence-corrected chi connectivity index (χ4v) is 3.60. The molecular weight excluding hydrogens is 283 g/mol. The summed E-state index contributed by atoms with van der Waals surface area (Å²) in [5.74, 6) is 1.91. The van der Waals surface area contributed by atoms with E-state index in [1.54, 1.807) is 6.07 Å². The molecule has 2 saturated heterocycles. The molecule has 4 rings (SSSR count). The molecule has 3 heterocycles. The van der Waals surface area contributed by atoms with Crippen LogP contribution in [-0.2, 0) is 11.2 Å². The summed E-state index contributed by atoms with van der Waals surface area (Å²) in [6.07, 6.45) is 1.02. The Hall–Kier alpha value is -1.95. The number of nitrogens with zero attached hydrogens (tertiary/aromatic N) is 2. The zero-order chi connectivity index (χ0) is 15.1. The van der Waals surface area contributed by atoms with E-state index in [0.717, 1.165) is 37.5 Å². The summed E-state index contributed by atoms with van der Waals surface area (Å²) in [5.41, 5.74) is 1.43. The van der Waals surface area contributed by atoms with Crippen molar-refractivity contribution in [2.24, 2.45) is 11.8 Å². The minimum absolute atomic E-state index is 0.195. The molecular formula is C16H19FN4O. The minimum atomic E-state index is -0.281. The van der Waals surface area contributed by atoms with Crippen molar-refractivity contribution in [3.8, 4) is 0 Å². The van der Waals surface area contributed by atoms with E-state index in [4.69, 9.17) is 0 Å². The lowest BCUT2D eigenvalue weighted by molar-refractivity contribution is -0.130. The minimum Gasteiger partial charge on any atom is -0.342 e. The maximum absolute atomic E-state index is 13.2. The number of aromatic amines is 1. The lowest BCUT2D eigenvalue weighted by Gasteiger charge is -2.17. The van der Waals surface area contributed by atoms with Gasteiger partial charge < -0.3 is 15.2 Å². The Labute approximate surface area is 127 Å². The summed E-state index contributed by atoms with van der Waals surface area (Å²) in [4.78, 5) is 21.8. The number of carbonyl (C=O) groups excluding carboxylic acids is 1. The molecule has 2 atom stereocenters. The molecule has 2 N–H and O–H groups in total. The van der Waals surface area contributed by atoms with E-state index < -0.39 is 0 Å². The number of amides is 1. The highest BCUT2D eigenvalue weighted by atomic mass is 19.1. The van der Waals surface area contributed by atoms with Gasteiger partial charge in [-0.05, 0) is 30.0 Å². The smallest absolute Gasteiger partial charge is 0.223 e. The molecule has 0 bridgehead atoms. The van der Waals surface area contributed by atoms with Crippen molar-refractivity contribution in [2.75, 3.05) is 26.2 Å². The number of aryl methyl sites for hydroxylation is 1. The highest BCUT2D eigenvalue weighted by Gasteiger charge is 2.37. The van der Waals surface area contributed by atoms with Gasteiger partial charge in [-0.3, -0.25) is 4.79 Å². The molecule has 1 aromatic heterocycles. The van der Waals surface area contributed by atoms with Crippen LogP contribution in [0.1, 0.15) is 12.2 Å². The van der Waals surface area contributed by atoms with E-state index in [1.807, 2.05) is 4.90 Å². The molecule has 0 aliphatic carbocycles. The highest BCUT2D eigenvalue weighted by Crippen LogP contribution is 2.26. The number of carbonyl (C=O) groups is 1. The van der Waals surface area contributed by atoms with E-state index >= 15 is 0 Å². The second kappa shape index (κ2) is 5.35. The third-order valence-corrected chi connectivity index (χ3v) is 4.81. The average Bonchev–Trinajstić information content (AvgIpc) is 3.17. The van der Waals surface area contributed by atoms with Crippen molar-refractivity contribution in [1.29, 1.82) is 0 Å². The molecule has 2 aliphatic heterocycles. The van der Waals surface area contributed by atoms with Gasteiger partial charge in [-0.15, -0.1) is 0 Å². The van der Waals surface area contributed by atoms with E-state index in [0.29, 0.717) is 30.2 Å². The summed E-state index contributed by atoms with van der Waals surface area (Å²) in [6.45, 7) is 3.82. The second-order valence-electron chi connectivity index (χ2n) is 6.32. The van der Waals surface area contributed by atoms with E-state index in [1.165, 1.54) is 12.1 Å². The number of hydrogen-bond acceptors (Lipinski definition) is 3.